The molecular formula is C10H18O6S2. The van der Waals surface area contributed by atoms with Gasteiger partial charge in [0.05, 0.1) is 37.9 Å². The minimum atomic E-state index is -0.371. The maximum absolute atomic E-state index is 10.7. The Morgan fingerprint density at radius 2 is 1.00 bits per heavy atom. The molecule has 0 unspecified atom stereocenters. The van der Waals surface area contributed by atoms with Crippen LogP contribution in [0, 0.1) is 0 Å². The minimum absolute atomic E-state index is 0.0636. The van der Waals surface area contributed by atoms with Gasteiger partial charge in [-0.2, -0.15) is 25.3 Å². The third-order valence-electron chi connectivity index (χ3n) is 1.61. The lowest BCUT2D eigenvalue weighted by Crippen LogP contribution is -2.15. The topological polar surface area (TPSA) is 71.1 Å². The first-order chi connectivity index (χ1) is 8.70. The summed E-state index contributed by atoms with van der Waals surface area (Å²) in [5.41, 5.74) is 0. The third kappa shape index (κ3) is 12.0. The molecular weight excluding hydrogens is 280 g/mol. The fraction of sp³-hybridized carbons (Fsp3) is 0.800. The van der Waals surface area contributed by atoms with E-state index in [9.17, 15) is 9.59 Å². The first kappa shape index (κ1) is 17.6. The predicted octanol–water partition coefficient (Wildman–Crippen LogP) is -0.0344. The minimum Gasteiger partial charge on any atom is -0.463 e. The van der Waals surface area contributed by atoms with Crippen molar-refractivity contribution in [3.8, 4) is 0 Å². The molecule has 0 radical (unpaired) electrons. The van der Waals surface area contributed by atoms with Crippen molar-refractivity contribution in [1.82, 2.24) is 0 Å². The van der Waals surface area contributed by atoms with Gasteiger partial charge in [-0.1, -0.05) is 0 Å². The lowest BCUT2D eigenvalue weighted by molar-refractivity contribution is -0.143. The van der Waals surface area contributed by atoms with Crippen LogP contribution in [0.4, 0.5) is 0 Å². The molecule has 0 bridgehead atoms. The first-order valence-corrected chi connectivity index (χ1v) is 6.65. The van der Waals surface area contributed by atoms with Crippen LogP contribution in [0.25, 0.3) is 0 Å². The van der Waals surface area contributed by atoms with Gasteiger partial charge in [0.2, 0.25) is 0 Å². The zero-order valence-corrected chi connectivity index (χ0v) is 11.8. The Morgan fingerprint density at radius 1 is 0.667 bits per heavy atom. The summed E-state index contributed by atoms with van der Waals surface area (Å²) in [4.78, 5) is 21.3. The molecule has 0 aliphatic rings. The zero-order valence-electron chi connectivity index (χ0n) is 10.0. The summed E-state index contributed by atoms with van der Waals surface area (Å²) in [7, 11) is 0. The number of esters is 2. The molecule has 18 heavy (non-hydrogen) atoms. The van der Waals surface area contributed by atoms with Crippen molar-refractivity contribution in [1.29, 1.82) is 0 Å². The number of hydrogen-bond acceptors (Lipinski definition) is 8. The fourth-order valence-corrected chi connectivity index (χ4v) is 1.02. The molecule has 106 valence electrons. The SMILES string of the molecule is O=C(CS)OCCOCCOCCOC(=O)CS. The lowest BCUT2D eigenvalue weighted by atomic mass is 10.7. The zero-order chi connectivity index (χ0) is 13.6. The summed E-state index contributed by atoms with van der Waals surface area (Å²) in [6.45, 7) is 1.82. The van der Waals surface area contributed by atoms with Crippen LogP contribution in [-0.2, 0) is 28.5 Å². The summed E-state index contributed by atoms with van der Waals surface area (Å²) in [5.74, 6) is -0.615. The van der Waals surface area contributed by atoms with E-state index >= 15 is 0 Å². The van der Waals surface area contributed by atoms with Crippen molar-refractivity contribution in [3.63, 3.8) is 0 Å². The molecule has 0 saturated heterocycles. The van der Waals surface area contributed by atoms with E-state index in [1.165, 1.54) is 0 Å². The van der Waals surface area contributed by atoms with Gasteiger partial charge in [-0.05, 0) is 0 Å². The van der Waals surface area contributed by atoms with Gasteiger partial charge in [-0.25, -0.2) is 0 Å². The Balaban J connectivity index is 3.07. The Kier molecular flexibility index (Phi) is 12.7. The number of rotatable bonds is 11. The summed E-state index contributed by atoms with van der Waals surface area (Å²) >= 11 is 7.50. The van der Waals surface area contributed by atoms with E-state index in [0.29, 0.717) is 26.4 Å². The van der Waals surface area contributed by atoms with E-state index < -0.39 is 0 Å². The van der Waals surface area contributed by atoms with Crippen molar-refractivity contribution in [3.05, 3.63) is 0 Å². The molecule has 0 aromatic rings. The van der Waals surface area contributed by atoms with E-state index in [4.69, 9.17) is 18.9 Å². The van der Waals surface area contributed by atoms with Gasteiger partial charge in [-0.3, -0.25) is 9.59 Å². The van der Waals surface area contributed by atoms with Gasteiger partial charge in [0.15, 0.2) is 0 Å². The van der Waals surface area contributed by atoms with Crippen LogP contribution in [0.3, 0.4) is 0 Å². The number of hydrogen-bond donors (Lipinski definition) is 2. The summed E-state index contributed by atoms with van der Waals surface area (Å²) in [6, 6.07) is 0. The Labute approximate surface area is 117 Å². The Morgan fingerprint density at radius 3 is 1.33 bits per heavy atom. The van der Waals surface area contributed by atoms with E-state index in [2.05, 4.69) is 25.3 Å². The monoisotopic (exact) mass is 298 g/mol. The van der Waals surface area contributed by atoms with Gasteiger partial charge in [-0.15, -0.1) is 0 Å². The molecule has 0 rings (SSSR count). The second-order valence-electron chi connectivity index (χ2n) is 2.98. The molecule has 0 aliphatic heterocycles. The largest absolute Gasteiger partial charge is 0.463 e. The van der Waals surface area contributed by atoms with Gasteiger partial charge < -0.3 is 18.9 Å². The summed E-state index contributed by atoms with van der Waals surface area (Å²) < 4.78 is 19.7. The average molecular weight is 298 g/mol. The smallest absolute Gasteiger partial charge is 0.315 e. The van der Waals surface area contributed by atoms with E-state index in [1.54, 1.807) is 0 Å². The summed E-state index contributed by atoms with van der Waals surface area (Å²) in [6.07, 6.45) is 0. The van der Waals surface area contributed by atoms with E-state index in [0.717, 1.165) is 0 Å². The van der Waals surface area contributed by atoms with Crippen LogP contribution in [0.15, 0.2) is 0 Å². The van der Waals surface area contributed by atoms with Gasteiger partial charge in [0, 0.05) is 0 Å². The van der Waals surface area contributed by atoms with E-state index in [-0.39, 0.29) is 36.7 Å². The molecule has 0 aromatic heterocycles. The van der Waals surface area contributed by atoms with Crippen molar-refractivity contribution < 1.29 is 28.5 Å². The number of carbonyl (C=O) groups is 2. The average Bonchev–Trinajstić information content (AvgIpc) is 2.40. The molecule has 8 heteroatoms. The highest BCUT2D eigenvalue weighted by Gasteiger charge is 1.99. The number of ether oxygens (including phenoxy) is 4. The van der Waals surface area contributed by atoms with Crippen molar-refractivity contribution >= 4 is 37.2 Å². The number of thiol groups is 2. The third-order valence-corrected chi connectivity index (χ3v) is 2.13. The molecule has 0 amide bonds. The highest BCUT2D eigenvalue weighted by Crippen LogP contribution is 1.86. The summed E-state index contributed by atoms with van der Waals surface area (Å²) in [5, 5.41) is 0. The van der Waals surface area contributed by atoms with Crippen LogP contribution < -0.4 is 0 Å². The molecule has 0 atom stereocenters. The molecule has 0 aliphatic carbocycles. The highest BCUT2D eigenvalue weighted by atomic mass is 32.1. The Bertz CT molecular complexity index is 212. The normalized spacial score (nSPS) is 10.1. The standard InChI is InChI=1S/C10H18O6S2/c11-9(7-17)15-5-3-13-1-2-14-4-6-16-10(12)8-18/h17-18H,1-8H2. The van der Waals surface area contributed by atoms with E-state index in [1.807, 2.05) is 0 Å². The Hall–Kier alpha value is -0.440. The van der Waals surface area contributed by atoms with Crippen molar-refractivity contribution in [2.45, 2.75) is 0 Å². The maximum Gasteiger partial charge on any atom is 0.315 e. The molecule has 0 spiro atoms. The lowest BCUT2D eigenvalue weighted by Gasteiger charge is -2.06. The molecule has 0 aromatic carbocycles. The maximum atomic E-state index is 10.7. The molecule has 0 heterocycles. The second kappa shape index (κ2) is 13.0. The van der Waals surface area contributed by atoms with Crippen LogP contribution in [-0.4, -0.2) is 63.1 Å². The predicted molar refractivity (Wildman–Crippen MR) is 71.3 cm³/mol. The van der Waals surface area contributed by atoms with Gasteiger partial charge in [0.25, 0.3) is 0 Å². The van der Waals surface area contributed by atoms with Crippen LogP contribution in [0.2, 0.25) is 0 Å². The van der Waals surface area contributed by atoms with Crippen LogP contribution >= 0.6 is 25.3 Å². The second-order valence-corrected chi connectivity index (χ2v) is 3.61. The van der Waals surface area contributed by atoms with Crippen molar-refractivity contribution in [2.75, 3.05) is 51.1 Å². The molecule has 0 saturated carbocycles. The van der Waals surface area contributed by atoms with Crippen LogP contribution in [0.5, 0.6) is 0 Å². The van der Waals surface area contributed by atoms with Crippen molar-refractivity contribution in [2.24, 2.45) is 0 Å². The van der Waals surface area contributed by atoms with Gasteiger partial charge >= 0.3 is 11.9 Å². The fourth-order valence-electron chi connectivity index (χ4n) is 0.842. The molecule has 6 nitrogen and oxygen atoms in total. The molecule has 0 fully saturated rings. The van der Waals surface area contributed by atoms with Gasteiger partial charge in [0.1, 0.15) is 13.2 Å². The number of carbonyl (C=O) groups excluding carboxylic acids is 2. The van der Waals surface area contributed by atoms with Crippen LogP contribution in [0.1, 0.15) is 0 Å². The highest BCUT2D eigenvalue weighted by molar-refractivity contribution is 7.81. The molecule has 0 N–H and O–H groups in total. The quantitative estimate of drug-likeness (QED) is 0.317. The first-order valence-electron chi connectivity index (χ1n) is 5.39.